The Balaban J connectivity index is 1.87. The molecule has 0 spiro atoms. The normalized spacial score (nSPS) is 25.2. The van der Waals surface area contributed by atoms with Gasteiger partial charge in [-0.1, -0.05) is 50.1 Å². The number of nitrogens with zero attached hydrogens (tertiary/aromatic N) is 1. The molecule has 1 aromatic rings. The number of nitrogens with two attached hydrogens (primary N) is 1. The molecule has 1 aliphatic rings. The summed E-state index contributed by atoms with van der Waals surface area (Å²) in [5.41, 5.74) is 7.67. The topological polar surface area (TPSA) is 29.3 Å². The Hall–Kier alpha value is -0.860. The van der Waals surface area contributed by atoms with Crippen LogP contribution in [0.5, 0.6) is 0 Å². The van der Waals surface area contributed by atoms with Crippen LogP contribution in [0.25, 0.3) is 0 Å². The van der Waals surface area contributed by atoms with Crippen molar-refractivity contribution in [3.63, 3.8) is 0 Å². The van der Waals surface area contributed by atoms with Crippen molar-refractivity contribution >= 4 is 0 Å². The van der Waals surface area contributed by atoms with E-state index in [1.165, 1.54) is 31.4 Å². The molecule has 0 aliphatic carbocycles. The fraction of sp³-hybridized carbons (Fsp3) is 0.625. The van der Waals surface area contributed by atoms with E-state index in [9.17, 15) is 0 Å². The van der Waals surface area contributed by atoms with E-state index in [-0.39, 0.29) is 0 Å². The van der Waals surface area contributed by atoms with Gasteiger partial charge in [0.15, 0.2) is 0 Å². The highest BCUT2D eigenvalue weighted by atomic mass is 15.1. The van der Waals surface area contributed by atoms with Gasteiger partial charge in [0.25, 0.3) is 0 Å². The molecule has 1 aliphatic heterocycles. The van der Waals surface area contributed by atoms with Gasteiger partial charge < -0.3 is 5.73 Å². The molecular weight excluding hydrogens is 220 g/mol. The Morgan fingerprint density at radius 1 is 1.28 bits per heavy atom. The van der Waals surface area contributed by atoms with Gasteiger partial charge in [-0.25, -0.2) is 0 Å². The molecule has 2 atom stereocenters. The molecule has 1 saturated heterocycles. The molecule has 2 nitrogen and oxygen atoms in total. The first kappa shape index (κ1) is 13.6. The molecule has 1 aromatic carbocycles. The lowest BCUT2D eigenvalue weighted by Gasteiger charge is -2.37. The summed E-state index contributed by atoms with van der Waals surface area (Å²) in [6.45, 7) is 5.67. The first-order valence-electron chi connectivity index (χ1n) is 7.31. The Bertz CT molecular complexity index is 336. The summed E-state index contributed by atoms with van der Waals surface area (Å²) in [6, 6.07) is 11.2. The van der Waals surface area contributed by atoms with Crippen LogP contribution in [-0.2, 0) is 6.54 Å². The number of benzene rings is 1. The third kappa shape index (κ3) is 3.82. The van der Waals surface area contributed by atoms with Crippen LogP contribution in [-0.4, -0.2) is 24.0 Å². The van der Waals surface area contributed by atoms with Crippen molar-refractivity contribution in [2.24, 2.45) is 11.7 Å². The van der Waals surface area contributed by atoms with E-state index < -0.39 is 0 Å². The molecule has 1 heterocycles. The molecule has 18 heavy (non-hydrogen) atoms. The monoisotopic (exact) mass is 246 g/mol. The minimum absolute atomic E-state index is 0.420. The van der Waals surface area contributed by atoms with Crippen molar-refractivity contribution in [1.82, 2.24) is 4.90 Å². The van der Waals surface area contributed by atoms with E-state index in [1.54, 1.807) is 0 Å². The Morgan fingerprint density at radius 3 is 2.78 bits per heavy atom. The minimum Gasteiger partial charge on any atom is -0.327 e. The SMILES string of the molecule is CCCCC1CN(Cc2ccccc2)CCC1N. The second-order valence-corrected chi connectivity index (χ2v) is 5.58. The second kappa shape index (κ2) is 6.91. The van der Waals surface area contributed by atoms with Gasteiger partial charge in [-0.2, -0.15) is 0 Å². The van der Waals surface area contributed by atoms with Gasteiger partial charge in [-0.3, -0.25) is 4.90 Å². The van der Waals surface area contributed by atoms with Crippen molar-refractivity contribution in [3.8, 4) is 0 Å². The number of hydrogen-bond acceptors (Lipinski definition) is 2. The molecular formula is C16H26N2. The van der Waals surface area contributed by atoms with Gasteiger partial charge >= 0.3 is 0 Å². The predicted octanol–water partition coefficient (Wildman–Crippen LogP) is 3.03. The Morgan fingerprint density at radius 2 is 2.06 bits per heavy atom. The maximum Gasteiger partial charge on any atom is 0.0233 e. The van der Waals surface area contributed by atoms with Crippen molar-refractivity contribution in [2.45, 2.75) is 45.2 Å². The molecule has 0 aromatic heterocycles. The first-order chi connectivity index (χ1) is 8.79. The summed E-state index contributed by atoms with van der Waals surface area (Å²) in [5.74, 6) is 0.697. The van der Waals surface area contributed by atoms with Crippen LogP contribution in [0.15, 0.2) is 30.3 Å². The largest absolute Gasteiger partial charge is 0.327 e. The molecule has 100 valence electrons. The maximum atomic E-state index is 6.25. The number of piperidine rings is 1. The van der Waals surface area contributed by atoms with Crippen LogP contribution in [0.3, 0.4) is 0 Å². The highest BCUT2D eigenvalue weighted by molar-refractivity contribution is 5.14. The Kier molecular flexibility index (Phi) is 5.21. The molecule has 0 bridgehead atoms. The van der Waals surface area contributed by atoms with Crippen LogP contribution in [0, 0.1) is 5.92 Å². The van der Waals surface area contributed by atoms with Gasteiger partial charge in [0, 0.05) is 19.1 Å². The van der Waals surface area contributed by atoms with E-state index in [4.69, 9.17) is 5.73 Å². The third-order valence-corrected chi connectivity index (χ3v) is 4.05. The molecule has 2 unspecified atom stereocenters. The number of hydrogen-bond donors (Lipinski definition) is 1. The quantitative estimate of drug-likeness (QED) is 0.865. The molecule has 1 fully saturated rings. The van der Waals surface area contributed by atoms with Crippen LogP contribution < -0.4 is 5.73 Å². The van der Waals surface area contributed by atoms with Gasteiger partial charge in [0.2, 0.25) is 0 Å². The van der Waals surface area contributed by atoms with Crippen LogP contribution in [0.1, 0.15) is 38.2 Å². The summed E-state index contributed by atoms with van der Waals surface area (Å²) in [4.78, 5) is 2.57. The minimum atomic E-state index is 0.420. The van der Waals surface area contributed by atoms with Crippen LogP contribution in [0.4, 0.5) is 0 Å². The Labute approximate surface area is 111 Å². The van der Waals surface area contributed by atoms with Crippen molar-refractivity contribution in [3.05, 3.63) is 35.9 Å². The van der Waals surface area contributed by atoms with Crippen molar-refractivity contribution in [2.75, 3.05) is 13.1 Å². The van der Waals surface area contributed by atoms with Crippen LogP contribution in [0.2, 0.25) is 0 Å². The molecule has 2 N–H and O–H groups in total. The van der Waals surface area contributed by atoms with Crippen LogP contribution >= 0.6 is 0 Å². The summed E-state index contributed by atoms with van der Waals surface area (Å²) in [5, 5.41) is 0. The van der Waals surface area contributed by atoms with E-state index in [0.717, 1.165) is 19.5 Å². The van der Waals surface area contributed by atoms with Gasteiger partial charge in [0.1, 0.15) is 0 Å². The number of rotatable bonds is 5. The first-order valence-corrected chi connectivity index (χ1v) is 7.31. The van der Waals surface area contributed by atoms with E-state index >= 15 is 0 Å². The zero-order valence-electron chi connectivity index (χ0n) is 11.5. The third-order valence-electron chi connectivity index (χ3n) is 4.05. The van der Waals surface area contributed by atoms with E-state index in [1.807, 2.05) is 0 Å². The zero-order chi connectivity index (χ0) is 12.8. The lowest BCUT2D eigenvalue weighted by atomic mass is 9.88. The van der Waals surface area contributed by atoms with E-state index in [2.05, 4.69) is 42.2 Å². The highest BCUT2D eigenvalue weighted by Gasteiger charge is 2.25. The summed E-state index contributed by atoms with van der Waals surface area (Å²) in [6.07, 6.45) is 5.05. The lowest BCUT2D eigenvalue weighted by Crippen LogP contribution is -2.46. The van der Waals surface area contributed by atoms with Gasteiger partial charge in [0.05, 0.1) is 0 Å². The summed E-state index contributed by atoms with van der Waals surface area (Å²) in [7, 11) is 0. The molecule has 0 saturated carbocycles. The lowest BCUT2D eigenvalue weighted by molar-refractivity contribution is 0.141. The fourth-order valence-electron chi connectivity index (χ4n) is 2.88. The second-order valence-electron chi connectivity index (χ2n) is 5.58. The molecule has 0 amide bonds. The number of unbranched alkanes of at least 4 members (excludes halogenated alkanes) is 1. The van der Waals surface area contributed by atoms with Gasteiger partial charge in [-0.05, 0) is 30.9 Å². The zero-order valence-corrected chi connectivity index (χ0v) is 11.5. The molecule has 0 radical (unpaired) electrons. The standard InChI is InChI=1S/C16H26N2/c1-2-3-9-15-13-18(11-10-16(15)17)12-14-7-5-4-6-8-14/h4-8,15-16H,2-3,9-13,17H2,1H3. The van der Waals surface area contributed by atoms with Crippen molar-refractivity contribution < 1.29 is 0 Å². The fourth-order valence-corrected chi connectivity index (χ4v) is 2.88. The molecule has 2 heteroatoms. The predicted molar refractivity (Wildman–Crippen MR) is 77.3 cm³/mol. The van der Waals surface area contributed by atoms with E-state index in [0.29, 0.717) is 12.0 Å². The highest BCUT2D eigenvalue weighted by Crippen LogP contribution is 2.22. The average Bonchev–Trinajstić information content (AvgIpc) is 2.40. The van der Waals surface area contributed by atoms with Crippen molar-refractivity contribution in [1.29, 1.82) is 0 Å². The van der Waals surface area contributed by atoms with Gasteiger partial charge in [-0.15, -0.1) is 0 Å². The summed E-state index contributed by atoms with van der Waals surface area (Å²) >= 11 is 0. The summed E-state index contributed by atoms with van der Waals surface area (Å²) < 4.78 is 0. The molecule has 2 rings (SSSR count). The maximum absolute atomic E-state index is 6.25. The average molecular weight is 246 g/mol. The number of likely N-dealkylation sites (tertiary alicyclic amines) is 1. The smallest absolute Gasteiger partial charge is 0.0233 e.